The largest absolute Gasteiger partial charge is 0.497 e. The van der Waals surface area contributed by atoms with E-state index in [4.69, 9.17) is 16.3 Å². The number of aryl methyl sites for hydroxylation is 2. The number of benzene rings is 1. The summed E-state index contributed by atoms with van der Waals surface area (Å²) in [4.78, 5) is 23.4. The summed E-state index contributed by atoms with van der Waals surface area (Å²) in [5, 5.41) is 3.19. The summed E-state index contributed by atoms with van der Waals surface area (Å²) >= 11 is 6.63. The van der Waals surface area contributed by atoms with E-state index in [-0.39, 0.29) is 5.91 Å². The molecule has 0 radical (unpaired) electrons. The maximum atomic E-state index is 12.4. The SMILES string of the molecule is COc1ccc2c(c1)CCCN2c1nc(C)nc(NC(=O)C(C)(C)C)c1Cl. The lowest BCUT2D eigenvalue weighted by Crippen LogP contribution is -2.29. The van der Waals surface area contributed by atoms with E-state index < -0.39 is 5.41 Å². The number of carbonyl (C=O) groups is 1. The van der Waals surface area contributed by atoms with Gasteiger partial charge in [0, 0.05) is 17.6 Å². The summed E-state index contributed by atoms with van der Waals surface area (Å²) in [5.74, 6) is 2.20. The molecule has 1 aliphatic rings. The highest BCUT2D eigenvalue weighted by atomic mass is 35.5. The van der Waals surface area contributed by atoms with Gasteiger partial charge in [0.1, 0.15) is 16.6 Å². The van der Waals surface area contributed by atoms with E-state index in [2.05, 4.69) is 20.2 Å². The highest BCUT2D eigenvalue weighted by Crippen LogP contribution is 2.39. The van der Waals surface area contributed by atoms with Crippen LogP contribution in [0.25, 0.3) is 0 Å². The Bertz CT molecular complexity index is 877. The van der Waals surface area contributed by atoms with Crippen LogP contribution in [0.3, 0.4) is 0 Å². The summed E-state index contributed by atoms with van der Waals surface area (Å²) in [6.07, 6.45) is 1.95. The van der Waals surface area contributed by atoms with Crippen LogP contribution in [0.5, 0.6) is 5.75 Å². The van der Waals surface area contributed by atoms with Crippen molar-refractivity contribution in [2.45, 2.75) is 40.5 Å². The second-order valence-electron chi connectivity index (χ2n) is 7.71. The minimum atomic E-state index is -0.545. The predicted octanol–water partition coefficient (Wildman–Crippen LogP) is 4.52. The van der Waals surface area contributed by atoms with E-state index in [0.717, 1.165) is 30.8 Å². The molecule has 7 heteroatoms. The Morgan fingerprint density at radius 1 is 1.30 bits per heavy atom. The second kappa shape index (κ2) is 7.35. The molecule has 0 atom stereocenters. The van der Waals surface area contributed by atoms with Gasteiger partial charge >= 0.3 is 0 Å². The molecule has 1 aromatic carbocycles. The van der Waals surface area contributed by atoms with E-state index in [1.165, 1.54) is 5.56 Å². The Kier molecular flexibility index (Phi) is 5.29. The molecular formula is C20H25ClN4O2. The van der Waals surface area contributed by atoms with Gasteiger partial charge < -0.3 is 15.0 Å². The highest BCUT2D eigenvalue weighted by Gasteiger charge is 2.27. The van der Waals surface area contributed by atoms with Crippen LogP contribution >= 0.6 is 11.6 Å². The maximum absolute atomic E-state index is 12.4. The first-order chi connectivity index (χ1) is 12.7. The lowest BCUT2D eigenvalue weighted by atomic mass is 9.96. The van der Waals surface area contributed by atoms with Crippen LogP contribution in [0.2, 0.25) is 5.02 Å². The average Bonchev–Trinajstić information content (AvgIpc) is 2.62. The molecule has 0 saturated carbocycles. The lowest BCUT2D eigenvalue weighted by molar-refractivity contribution is -0.123. The van der Waals surface area contributed by atoms with Crippen molar-refractivity contribution in [3.05, 3.63) is 34.6 Å². The fourth-order valence-corrected chi connectivity index (χ4v) is 3.26. The summed E-state index contributed by atoms with van der Waals surface area (Å²) in [5.41, 5.74) is 1.69. The molecule has 0 saturated heterocycles. The van der Waals surface area contributed by atoms with Crippen LogP contribution in [0.15, 0.2) is 18.2 Å². The molecule has 1 aliphatic heterocycles. The topological polar surface area (TPSA) is 67.3 Å². The van der Waals surface area contributed by atoms with Crippen molar-refractivity contribution in [1.82, 2.24) is 9.97 Å². The molecule has 2 aromatic rings. The molecule has 3 rings (SSSR count). The number of rotatable bonds is 3. The molecule has 1 N–H and O–H groups in total. The minimum absolute atomic E-state index is 0.141. The van der Waals surface area contributed by atoms with Gasteiger partial charge in [-0.25, -0.2) is 9.97 Å². The Hall–Kier alpha value is -2.34. The fraction of sp³-hybridized carbons (Fsp3) is 0.450. The number of ether oxygens (including phenoxy) is 1. The third-order valence-corrected chi connectivity index (χ3v) is 4.87. The first kappa shape index (κ1) is 19.4. The zero-order chi connectivity index (χ0) is 19.8. The number of aromatic nitrogens is 2. The smallest absolute Gasteiger partial charge is 0.230 e. The molecule has 6 nitrogen and oxygen atoms in total. The molecule has 1 amide bonds. The number of nitrogens with one attached hydrogen (secondary N) is 1. The average molecular weight is 389 g/mol. The molecule has 0 aliphatic carbocycles. The summed E-state index contributed by atoms with van der Waals surface area (Å²) < 4.78 is 5.34. The number of carbonyl (C=O) groups excluding carboxylic acids is 1. The summed E-state index contributed by atoms with van der Waals surface area (Å²) in [7, 11) is 1.66. The van der Waals surface area contributed by atoms with E-state index in [0.29, 0.717) is 22.5 Å². The first-order valence-corrected chi connectivity index (χ1v) is 9.38. The highest BCUT2D eigenvalue weighted by molar-refractivity contribution is 6.36. The monoisotopic (exact) mass is 388 g/mol. The number of hydrogen-bond acceptors (Lipinski definition) is 5. The molecule has 0 bridgehead atoms. The van der Waals surface area contributed by atoms with Crippen LogP contribution in [-0.2, 0) is 11.2 Å². The number of amides is 1. The number of anilines is 3. The first-order valence-electron chi connectivity index (χ1n) is 9.00. The van der Waals surface area contributed by atoms with E-state index in [1.54, 1.807) is 14.0 Å². The molecule has 0 unspecified atom stereocenters. The van der Waals surface area contributed by atoms with E-state index in [1.807, 2.05) is 39.0 Å². The zero-order valence-corrected chi connectivity index (χ0v) is 17.1. The van der Waals surface area contributed by atoms with Crippen molar-refractivity contribution in [3.8, 4) is 5.75 Å². The third-order valence-electron chi connectivity index (χ3n) is 4.52. The summed E-state index contributed by atoms with van der Waals surface area (Å²) in [6.45, 7) is 8.13. The standard InChI is InChI=1S/C20H25ClN4O2/c1-12-22-17(24-19(26)20(2,3)4)16(21)18(23-12)25-10-6-7-13-11-14(27-5)8-9-15(13)25/h8-9,11H,6-7,10H2,1-5H3,(H,22,23,24,26). The molecule has 144 valence electrons. The Morgan fingerprint density at radius 2 is 2.04 bits per heavy atom. The Morgan fingerprint density at radius 3 is 2.70 bits per heavy atom. The van der Waals surface area contributed by atoms with Crippen molar-refractivity contribution >= 4 is 34.8 Å². The van der Waals surface area contributed by atoms with Crippen LogP contribution in [0, 0.1) is 12.3 Å². The molecular weight excluding hydrogens is 364 g/mol. The van der Waals surface area contributed by atoms with E-state index in [9.17, 15) is 4.79 Å². The van der Waals surface area contributed by atoms with Gasteiger partial charge in [0.25, 0.3) is 0 Å². The Labute approximate surface area is 164 Å². The second-order valence-corrected chi connectivity index (χ2v) is 8.09. The lowest BCUT2D eigenvalue weighted by Gasteiger charge is -2.31. The molecule has 0 fully saturated rings. The van der Waals surface area contributed by atoms with Gasteiger partial charge in [-0.2, -0.15) is 0 Å². The maximum Gasteiger partial charge on any atom is 0.230 e. The zero-order valence-electron chi connectivity index (χ0n) is 16.4. The molecule has 27 heavy (non-hydrogen) atoms. The van der Waals surface area contributed by atoms with Crippen molar-refractivity contribution < 1.29 is 9.53 Å². The van der Waals surface area contributed by atoms with Gasteiger partial charge in [-0.1, -0.05) is 32.4 Å². The van der Waals surface area contributed by atoms with Gasteiger partial charge in [-0.15, -0.1) is 0 Å². The summed E-state index contributed by atoms with van der Waals surface area (Å²) in [6, 6.07) is 6.00. The molecule has 2 heterocycles. The van der Waals surface area contributed by atoms with Gasteiger partial charge in [-0.05, 0) is 43.5 Å². The quantitative estimate of drug-likeness (QED) is 0.837. The van der Waals surface area contributed by atoms with Gasteiger partial charge in [0.05, 0.1) is 7.11 Å². The predicted molar refractivity (Wildman–Crippen MR) is 108 cm³/mol. The van der Waals surface area contributed by atoms with Crippen LogP contribution < -0.4 is 15.0 Å². The van der Waals surface area contributed by atoms with Crippen LogP contribution in [-0.4, -0.2) is 29.5 Å². The number of halogens is 1. The fourth-order valence-electron chi connectivity index (χ4n) is 3.02. The van der Waals surface area contributed by atoms with Crippen molar-refractivity contribution in [3.63, 3.8) is 0 Å². The van der Waals surface area contributed by atoms with Gasteiger partial charge in [-0.3, -0.25) is 4.79 Å². The number of hydrogen-bond donors (Lipinski definition) is 1. The Balaban J connectivity index is 2.02. The number of methoxy groups -OCH3 is 1. The van der Waals surface area contributed by atoms with Gasteiger partial charge in [0.15, 0.2) is 11.6 Å². The van der Waals surface area contributed by atoms with Crippen molar-refractivity contribution in [1.29, 1.82) is 0 Å². The van der Waals surface area contributed by atoms with Crippen molar-refractivity contribution in [2.24, 2.45) is 5.41 Å². The number of fused-ring (bicyclic) bond motifs is 1. The third kappa shape index (κ3) is 4.00. The number of nitrogens with zero attached hydrogens (tertiary/aromatic N) is 3. The van der Waals surface area contributed by atoms with Gasteiger partial charge in [0.2, 0.25) is 5.91 Å². The normalized spacial score (nSPS) is 13.9. The van der Waals surface area contributed by atoms with Crippen molar-refractivity contribution in [2.75, 3.05) is 23.9 Å². The minimum Gasteiger partial charge on any atom is -0.497 e. The van der Waals surface area contributed by atoms with Crippen LogP contribution in [0.1, 0.15) is 38.6 Å². The molecule has 1 aromatic heterocycles. The van der Waals surface area contributed by atoms with E-state index >= 15 is 0 Å². The van der Waals surface area contributed by atoms with Crippen LogP contribution in [0.4, 0.5) is 17.3 Å². The molecule has 0 spiro atoms.